The molecule has 0 bridgehead atoms. The fourth-order valence-corrected chi connectivity index (χ4v) is 2.50. The second kappa shape index (κ2) is 7.73. The Morgan fingerprint density at radius 1 is 1.52 bits per heavy atom. The van der Waals surface area contributed by atoms with Gasteiger partial charge in [-0.1, -0.05) is 6.07 Å². The van der Waals surface area contributed by atoms with E-state index in [9.17, 15) is 9.18 Å². The first-order chi connectivity index (χ1) is 9.55. The van der Waals surface area contributed by atoms with Gasteiger partial charge in [-0.3, -0.25) is 4.79 Å². The zero-order valence-electron chi connectivity index (χ0n) is 12.1. The average molecular weight is 317 g/mol. The summed E-state index contributed by atoms with van der Waals surface area (Å²) in [5.41, 5.74) is 0.663. The summed E-state index contributed by atoms with van der Waals surface area (Å²) in [6.45, 7) is 3.61. The first-order valence-corrected chi connectivity index (χ1v) is 6.92. The predicted molar refractivity (Wildman–Crippen MR) is 81.6 cm³/mol. The zero-order valence-corrected chi connectivity index (χ0v) is 12.9. The van der Waals surface area contributed by atoms with Crippen LogP contribution in [0.15, 0.2) is 18.2 Å². The van der Waals surface area contributed by atoms with E-state index >= 15 is 0 Å². The smallest absolute Gasteiger partial charge is 0.227 e. The van der Waals surface area contributed by atoms with E-state index in [1.165, 1.54) is 6.07 Å². The molecule has 0 aromatic heterocycles. The first kappa shape index (κ1) is 17.9. The van der Waals surface area contributed by atoms with Crippen LogP contribution in [0.25, 0.3) is 0 Å². The third-order valence-electron chi connectivity index (χ3n) is 3.88. The molecule has 3 N–H and O–H groups in total. The van der Waals surface area contributed by atoms with Gasteiger partial charge in [0.2, 0.25) is 5.91 Å². The van der Waals surface area contributed by atoms with Crippen LogP contribution in [0.4, 0.5) is 4.39 Å². The lowest BCUT2D eigenvalue weighted by molar-refractivity contribution is -0.131. The molecule has 4 nitrogen and oxygen atoms in total. The van der Waals surface area contributed by atoms with Crippen molar-refractivity contribution < 1.29 is 14.3 Å². The topological polar surface area (TPSA) is 61.4 Å². The van der Waals surface area contributed by atoms with Crippen molar-refractivity contribution in [3.05, 3.63) is 35.1 Å². The Bertz CT molecular complexity index is 491. The maximum Gasteiger partial charge on any atom is 0.227 e. The number of rotatable bonds is 4. The van der Waals surface area contributed by atoms with Crippen LogP contribution in [0.2, 0.25) is 0 Å². The molecule has 0 radical (unpaired) electrons. The van der Waals surface area contributed by atoms with Crippen LogP contribution in [-0.2, 0) is 17.9 Å². The average Bonchev–Trinajstić information content (AvgIpc) is 2.46. The Morgan fingerprint density at radius 3 is 2.90 bits per heavy atom. The normalized spacial score (nSPS) is 21.5. The number of aliphatic hydroxyl groups is 1. The molecule has 1 unspecified atom stereocenters. The monoisotopic (exact) mass is 316 g/mol. The van der Waals surface area contributed by atoms with Crippen molar-refractivity contribution in [2.45, 2.75) is 32.9 Å². The van der Waals surface area contributed by atoms with E-state index < -0.39 is 5.82 Å². The minimum atomic E-state index is -0.425. The van der Waals surface area contributed by atoms with Crippen molar-refractivity contribution in [1.82, 2.24) is 10.6 Å². The molecular weight excluding hydrogens is 295 g/mol. The molecule has 1 saturated heterocycles. The zero-order chi connectivity index (χ0) is 14.6. The standard InChI is InChI=1S/C15H21FN2O2.ClH/c1-15(5-2-6-17-10-15)14(20)18-8-11-3-4-13(16)12(7-11)9-19;/h3-4,7,17,19H,2,5-6,8-10H2,1H3,(H,18,20);1H. The molecule has 1 aliphatic heterocycles. The maximum atomic E-state index is 13.3. The van der Waals surface area contributed by atoms with Crippen LogP contribution in [0, 0.1) is 11.2 Å². The van der Waals surface area contributed by atoms with Gasteiger partial charge in [-0.15, -0.1) is 12.4 Å². The van der Waals surface area contributed by atoms with E-state index in [-0.39, 0.29) is 35.9 Å². The largest absolute Gasteiger partial charge is 0.392 e. The first-order valence-electron chi connectivity index (χ1n) is 6.92. The van der Waals surface area contributed by atoms with Crippen molar-refractivity contribution in [1.29, 1.82) is 0 Å². The quantitative estimate of drug-likeness (QED) is 0.793. The SMILES string of the molecule is CC1(C(=O)NCc2ccc(F)c(CO)c2)CCCNC1.Cl. The van der Waals surface area contributed by atoms with Gasteiger partial charge in [-0.2, -0.15) is 0 Å². The van der Waals surface area contributed by atoms with Gasteiger partial charge in [0.05, 0.1) is 12.0 Å². The van der Waals surface area contributed by atoms with E-state index in [2.05, 4.69) is 10.6 Å². The highest BCUT2D eigenvalue weighted by atomic mass is 35.5. The van der Waals surface area contributed by atoms with Crippen molar-refractivity contribution in [2.75, 3.05) is 13.1 Å². The number of hydrogen-bond donors (Lipinski definition) is 3. The van der Waals surface area contributed by atoms with Crippen molar-refractivity contribution in [2.24, 2.45) is 5.41 Å². The van der Waals surface area contributed by atoms with Gasteiger partial charge in [-0.05, 0) is 44.0 Å². The van der Waals surface area contributed by atoms with Crippen molar-refractivity contribution in [3.63, 3.8) is 0 Å². The lowest BCUT2D eigenvalue weighted by atomic mass is 9.82. The molecule has 0 saturated carbocycles. The molecule has 1 atom stereocenters. The van der Waals surface area contributed by atoms with Gasteiger partial charge in [-0.25, -0.2) is 4.39 Å². The maximum absolute atomic E-state index is 13.3. The van der Waals surface area contributed by atoms with Crippen molar-refractivity contribution >= 4 is 18.3 Å². The fraction of sp³-hybridized carbons (Fsp3) is 0.533. The summed E-state index contributed by atoms with van der Waals surface area (Å²) in [6.07, 6.45) is 1.87. The molecule has 2 rings (SSSR count). The van der Waals surface area contributed by atoms with Crippen molar-refractivity contribution in [3.8, 4) is 0 Å². The number of benzene rings is 1. The summed E-state index contributed by atoms with van der Waals surface area (Å²) in [7, 11) is 0. The van der Waals surface area contributed by atoms with Crippen LogP contribution in [0.3, 0.4) is 0 Å². The van der Waals surface area contributed by atoms with Gasteiger partial charge in [0, 0.05) is 18.7 Å². The minimum absolute atomic E-state index is 0. The van der Waals surface area contributed by atoms with Gasteiger partial charge in [0.1, 0.15) is 5.82 Å². The highest BCUT2D eigenvalue weighted by Crippen LogP contribution is 2.25. The van der Waals surface area contributed by atoms with Gasteiger partial charge in [0.15, 0.2) is 0 Å². The number of nitrogens with one attached hydrogen (secondary N) is 2. The summed E-state index contributed by atoms with van der Waals surface area (Å²) in [4.78, 5) is 12.2. The number of carbonyl (C=O) groups excluding carboxylic acids is 1. The Labute approximate surface area is 130 Å². The molecule has 1 aromatic carbocycles. The molecule has 0 spiro atoms. The van der Waals surface area contributed by atoms with Crippen LogP contribution in [-0.4, -0.2) is 24.1 Å². The molecule has 1 heterocycles. The summed E-state index contributed by atoms with van der Waals surface area (Å²) < 4.78 is 13.3. The Balaban J connectivity index is 0.00000220. The van der Waals surface area contributed by atoms with Gasteiger partial charge in [0.25, 0.3) is 0 Å². The van der Waals surface area contributed by atoms with E-state index in [1.807, 2.05) is 6.92 Å². The van der Waals surface area contributed by atoms with E-state index in [0.29, 0.717) is 13.1 Å². The molecular formula is C15H22ClFN2O2. The van der Waals surface area contributed by atoms with Crippen LogP contribution in [0.5, 0.6) is 0 Å². The third kappa shape index (κ3) is 4.40. The molecule has 1 amide bonds. The predicted octanol–water partition coefficient (Wildman–Crippen LogP) is 1.75. The van der Waals surface area contributed by atoms with Crippen LogP contribution in [0.1, 0.15) is 30.9 Å². The number of aliphatic hydroxyl groups excluding tert-OH is 1. The molecule has 0 aliphatic carbocycles. The molecule has 1 fully saturated rings. The van der Waals surface area contributed by atoms with E-state index in [4.69, 9.17) is 5.11 Å². The highest BCUT2D eigenvalue weighted by Gasteiger charge is 2.34. The van der Waals surface area contributed by atoms with E-state index in [0.717, 1.165) is 24.9 Å². The summed E-state index contributed by atoms with van der Waals surface area (Å²) in [5, 5.41) is 15.2. The van der Waals surface area contributed by atoms with E-state index in [1.54, 1.807) is 12.1 Å². The molecule has 1 aromatic rings. The number of piperidine rings is 1. The Morgan fingerprint density at radius 2 is 2.29 bits per heavy atom. The second-order valence-electron chi connectivity index (χ2n) is 5.61. The molecule has 1 aliphatic rings. The molecule has 118 valence electrons. The second-order valence-corrected chi connectivity index (χ2v) is 5.61. The Kier molecular flexibility index (Phi) is 6.58. The number of carbonyl (C=O) groups is 1. The lowest BCUT2D eigenvalue weighted by Gasteiger charge is -2.32. The van der Waals surface area contributed by atoms with Gasteiger partial charge >= 0.3 is 0 Å². The third-order valence-corrected chi connectivity index (χ3v) is 3.88. The minimum Gasteiger partial charge on any atom is -0.392 e. The molecule has 6 heteroatoms. The number of hydrogen-bond acceptors (Lipinski definition) is 3. The summed E-state index contributed by atoms with van der Waals surface area (Å²) in [6, 6.07) is 4.52. The summed E-state index contributed by atoms with van der Waals surface area (Å²) in [5.74, 6) is -0.411. The molecule has 21 heavy (non-hydrogen) atoms. The van der Waals surface area contributed by atoms with Gasteiger partial charge < -0.3 is 15.7 Å². The fourth-order valence-electron chi connectivity index (χ4n) is 2.50. The summed E-state index contributed by atoms with van der Waals surface area (Å²) >= 11 is 0. The number of halogens is 2. The number of amides is 1. The van der Waals surface area contributed by atoms with Crippen LogP contribution >= 0.6 is 12.4 Å². The lowest BCUT2D eigenvalue weighted by Crippen LogP contribution is -2.48. The van der Waals surface area contributed by atoms with Crippen LogP contribution < -0.4 is 10.6 Å². The highest BCUT2D eigenvalue weighted by molar-refractivity contribution is 5.85. The Hall–Kier alpha value is -1.17.